The lowest BCUT2D eigenvalue weighted by molar-refractivity contribution is 0.0522. The van der Waals surface area contributed by atoms with Crippen LogP contribution in [0.25, 0.3) is 0 Å². The average molecular weight is 253 g/mol. The molecule has 0 spiro atoms. The molecule has 0 saturated carbocycles. The maximum absolute atomic E-state index is 11.4. The molecule has 1 amide bonds. The quantitative estimate of drug-likeness (QED) is 0.724. The van der Waals surface area contributed by atoms with Gasteiger partial charge in [-0.2, -0.15) is 0 Å². The van der Waals surface area contributed by atoms with Gasteiger partial charge in [0.1, 0.15) is 17.2 Å². The molecule has 0 aliphatic carbocycles. The number of nitrogen functional groups attached to an aromatic ring is 1. The van der Waals surface area contributed by atoms with Crippen LogP contribution in [0.2, 0.25) is 0 Å². The highest BCUT2D eigenvalue weighted by Gasteiger charge is 2.16. The van der Waals surface area contributed by atoms with Crippen LogP contribution in [0.5, 0.6) is 0 Å². The lowest BCUT2D eigenvalue weighted by Gasteiger charge is -2.19. The van der Waals surface area contributed by atoms with Gasteiger partial charge in [0, 0.05) is 18.3 Å². The molecule has 0 aromatic carbocycles. The SMILES string of the molecule is CC(C)(C)OC(=O)NCc1ncc(CN)c(N)n1. The minimum Gasteiger partial charge on any atom is -0.444 e. The van der Waals surface area contributed by atoms with Gasteiger partial charge in [-0.1, -0.05) is 0 Å². The zero-order chi connectivity index (χ0) is 13.8. The number of hydrogen-bond donors (Lipinski definition) is 3. The number of carbonyl (C=O) groups excluding carboxylic acids is 1. The fraction of sp³-hybridized carbons (Fsp3) is 0.545. The molecule has 1 aromatic heterocycles. The van der Waals surface area contributed by atoms with Crippen LogP contribution >= 0.6 is 0 Å². The summed E-state index contributed by atoms with van der Waals surface area (Å²) < 4.78 is 5.08. The van der Waals surface area contributed by atoms with Crippen molar-refractivity contribution in [3.8, 4) is 0 Å². The zero-order valence-electron chi connectivity index (χ0n) is 10.9. The Labute approximate surface area is 106 Å². The first kappa shape index (κ1) is 14.2. The van der Waals surface area contributed by atoms with Gasteiger partial charge in [0.15, 0.2) is 0 Å². The number of nitrogens with one attached hydrogen (secondary N) is 1. The lowest BCUT2D eigenvalue weighted by atomic mass is 10.2. The minimum absolute atomic E-state index is 0.157. The third-order valence-corrected chi connectivity index (χ3v) is 1.96. The monoisotopic (exact) mass is 253 g/mol. The predicted molar refractivity (Wildman–Crippen MR) is 67.4 cm³/mol. The summed E-state index contributed by atoms with van der Waals surface area (Å²) in [6.45, 7) is 5.81. The molecule has 7 heteroatoms. The number of nitrogens with zero attached hydrogens (tertiary/aromatic N) is 2. The highest BCUT2D eigenvalue weighted by Crippen LogP contribution is 2.08. The Morgan fingerprint density at radius 3 is 2.67 bits per heavy atom. The summed E-state index contributed by atoms with van der Waals surface area (Å²) in [5, 5.41) is 2.55. The number of alkyl carbamates (subject to hydrolysis) is 1. The number of ether oxygens (including phenoxy) is 1. The van der Waals surface area contributed by atoms with E-state index in [9.17, 15) is 4.79 Å². The third-order valence-electron chi connectivity index (χ3n) is 1.96. The zero-order valence-corrected chi connectivity index (χ0v) is 10.9. The van der Waals surface area contributed by atoms with E-state index in [1.807, 2.05) is 0 Å². The molecule has 18 heavy (non-hydrogen) atoms. The van der Waals surface area contributed by atoms with Gasteiger partial charge in [-0.3, -0.25) is 0 Å². The first-order valence-corrected chi connectivity index (χ1v) is 5.59. The Kier molecular flexibility index (Phi) is 4.43. The molecule has 1 rings (SSSR count). The van der Waals surface area contributed by atoms with Crippen LogP contribution in [-0.4, -0.2) is 21.7 Å². The summed E-state index contributed by atoms with van der Waals surface area (Å²) in [4.78, 5) is 19.5. The van der Waals surface area contributed by atoms with Crippen molar-refractivity contribution >= 4 is 11.9 Å². The maximum atomic E-state index is 11.4. The number of anilines is 1. The molecule has 0 radical (unpaired) electrons. The molecule has 5 N–H and O–H groups in total. The standard InChI is InChI=1S/C11H19N5O2/c1-11(2,3)18-10(17)15-6-8-14-5-7(4-12)9(13)16-8/h5H,4,6,12H2,1-3H3,(H,15,17)(H2,13,14,16). The topological polar surface area (TPSA) is 116 Å². The van der Waals surface area contributed by atoms with Crippen molar-refractivity contribution in [3.05, 3.63) is 17.6 Å². The number of nitrogens with two attached hydrogens (primary N) is 2. The maximum Gasteiger partial charge on any atom is 0.408 e. The van der Waals surface area contributed by atoms with Crippen molar-refractivity contribution in [2.45, 2.75) is 39.5 Å². The number of rotatable bonds is 3. The summed E-state index contributed by atoms with van der Waals surface area (Å²) in [6, 6.07) is 0. The van der Waals surface area contributed by atoms with Crippen molar-refractivity contribution in [1.29, 1.82) is 0 Å². The number of carbonyl (C=O) groups is 1. The molecular formula is C11H19N5O2. The minimum atomic E-state index is -0.534. The Hall–Kier alpha value is -1.89. The largest absolute Gasteiger partial charge is 0.444 e. The fourth-order valence-corrected chi connectivity index (χ4v) is 1.17. The Morgan fingerprint density at radius 2 is 2.17 bits per heavy atom. The van der Waals surface area contributed by atoms with E-state index < -0.39 is 11.7 Å². The summed E-state index contributed by atoms with van der Waals surface area (Å²) in [5.41, 5.74) is 11.3. The smallest absolute Gasteiger partial charge is 0.408 e. The molecular weight excluding hydrogens is 234 g/mol. The van der Waals surface area contributed by atoms with E-state index in [1.165, 1.54) is 0 Å². The summed E-state index contributed by atoms with van der Waals surface area (Å²) in [7, 11) is 0. The van der Waals surface area contributed by atoms with Gasteiger partial charge in [0.25, 0.3) is 0 Å². The van der Waals surface area contributed by atoms with Gasteiger partial charge < -0.3 is 21.5 Å². The van der Waals surface area contributed by atoms with E-state index in [4.69, 9.17) is 16.2 Å². The van der Waals surface area contributed by atoms with Crippen LogP contribution in [0.1, 0.15) is 32.2 Å². The van der Waals surface area contributed by atoms with Crippen molar-refractivity contribution < 1.29 is 9.53 Å². The molecule has 0 aliphatic rings. The van der Waals surface area contributed by atoms with Gasteiger partial charge in [-0.05, 0) is 20.8 Å². The van der Waals surface area contributed by atoms with Gasteiger partial charge >= 0.3 is 6.09 Å². The van der Waals surface area contributed by atoms with Gasteiger partial charge in [-0.15, -0.1) is 0 Å². The van der Waals surface area contributed by atoms with E-state index in [2.05, 4.69) is 15.3 Å². The Morgan fingerprint density at radius 1 is 1.50 bits per heavy atom. The molecule has 0 atom stereocenters. The van der Waals surface area contributed by atoms with E-state index >= 15 is 0 Å². The fourth-order valence-electron chi connectivity index (χ4n) is 1.17. The van der Waals surface area contributed by atoms with Crippen LogP contribution in [0.3, 0.4) is 0 Å². The second-order valence-corrected chi connectivity index (χ2v) is 4.76. The predicted octanol–water partition coefficient (Wildman–Crippen LogP) is 0.542. The van der Waals surface area contributed by atoms with Gasteiger partial charge in [0.2, 0.25) is 0 Å². The van der Waals surface area contributed by atoms with Gasteiger partial charge in [-0.25, -0.2) is 14.8 Å². The van der Waals surface area contributed by atoms with E-state index in [-0.39, 0.29) is 13.1 Å². The second-order valence-electron chi connectivity index (χ2n) is 4.76. The number of aromatic nitrogens is 2. The van der Waals surface area contributed by atoms with Crippen LogP contribution in [-0.2, 0) is 17.8 Å². The molecule has 0 unspecified atom stereocenters. The molecule has 0 saturated heterocycles. The van der Waals surface area contributed by atoms with Crippen molar-refractivity contribution in [2.75, 3.05) is 5.73 Å². The first-order chi connectivity index (χ1) is 8.31. The highest BCUT2D eigenvalue weighted by molar-refractivity contribution is 5.67. The molecule has 7 nitrogen and oxygen atoms in total. The third kappa shape index (κ3) is 4.54. The first-order valence-electron chi connectivity index (χ1n) is 5.59. The second kappa shape index (κ2) is 5.63. The Bertz CT molecular complexity index is 428. The summed E-state index contributed by atoms with van der Waals surface area (Å²) in [5.74, 6) is 0.740. The van der Waals surface area contributed by atoms with E-state index in [1.54, 1.807) is 27.0 Å². The normalized spacial score (nSPS) is 11.1. The average Bonchev–Trinajstić information content (AvgIpc) is 2.24. The van der Waals surface area contributed by atoms with Crippen LogP contribution < -0.4 is 16.8 Å². The van der Waals surface area contributed by atoms with Crippen molar-refractivity contribution in [1.82, 2.24) is 15.3 Å². The number of amides is 1. The van der Waals surface area contributed by atoms with Gasteiger partial charge in [0.05, 0.1) is 6.54 Å². The molecule has 100 valence electrons. The van der Waals surface area contributed by atoms with Crippen LogP contribution in [0.15, 0.2) is 6.20 Å². The summed E-state index contributed by atoms with van der Waals surface area (Å²) >= 11 is 0. The molecule has 0 bridgehead atoms. The molecule has 1 heterocycles. The summed E-state index contributed by atoms with van der Waals surface area (Å²) in [6.07, 6.45) is 1.03. The number of hydrogen-bond acceptors (Lipinski definition) is 6. The lowest BCUT2D eigenvalue weighted by Crippen LogP contribution is -2.32. The van der Waals surface area contributed by atoms with Crippen LogP contribution in [0.4, 0.5) is 10.6 Å². The van der Waals surface area contributed by atoms with E-state index in [0.717, 1.165) is 0 Å². The van der Waals surface area contributed by atoms with Crippen molar-refractivity contribution in [2.24, 2.45) is 5.73 Å². The Balaban J connectivity index is 2.54. The highest BCUT2D eigenvalue weighted by atomic mass is 16.6. The molecule has 0 aliphatic heterocycles. The van der Waals surface area contributed by atoms with Crippen molar-refractivity contribution in [3.63, 3.8) is 0 Å². The van der Waals surface area contributed by atoms with Crippen LogP contribution in [0, 0.1) is 0 Å². The molecule has 0 fully saturated rings. The molecule has 1 aromatic rings. The van der Waals surface area contributed by atoms with E-state index in [0.29, 0.717) is 17.2 Å².